The second kappa shape index (κ2) is 8.30. The summed E-state index contributed by atoms with van der Waals surface area (Å²) in [6.45, 7) is 6.38. The number of hydrogen-bond donors (Lipinski definition) is 2. The van der Waals surface area contributed by atoms with Gasteiger partial charge in [0, 0.05) is 5.69 Å². The molecule has 2 N–H and O–H groups in total. The van der Waals surface area contributed by atoms with Gasteiger partial charge in [-0.15, -0.1) is 0 Å². The molecule has 0 saturated carbocycles. The highest BCUT2D eigenvalue weighted by molar-refractivity contribution is 6.31. The summed E-state index contributed by atoms with van der Waals surface area (Å²) < 4.78 is 18.1. The van der Waals surface area contributed by atoms with Crippen molar-refractivity contribution in [1.82, 2.24) is 4.90 Å². The van der Waals surface area contributed by atoms with Gasteiger partial charge in [0.2, 0.25) is 0 Å². The smallest absolute Gasteiger partial charge is 0.410 e. The second-order valence-corrected chi connectivity index (χ2v) is 6.09. The Morgan fingerprint density at radius 1 is 1.42 bits per heavy atom. The minimum atomic E-state index is -0.525. The average molecular weight is 359 g/mol. The molecule has 6 nitrogen and oxygen atoms in total. The maximum absolute atomic E-state index is 13.2. The Morgan fingerprint density at radius 2 is 2.08 bits per heavy atom. The summed E-state index contributed by atoms with van der Waals surface area (Å²) in [5.41, 5.74) is 0.461. The number of hydrogen-bond acceptors (Lipinski definition) is 3. The summed E-state index contributed by atoms with van der Waals surface area (Å²) >= 11 is 5.72. The first kappa shape index (κ1) is 18.5. The lowest BCUT2D eigenvalue weighted by Crippen LogP contribution is -3.19. The van der Waals surface area contributed by atoms with Gasteiger partial charge in [0.15, 0.2) is 6.04 Å². The highest BCUT2D eigenvalue weighted by atomic mass is 35.5. The van der Waals surface area contributed by atoms with E-state index in [2.05, 4.69) is 5.32 Å². The van der Waals surface area contributed by atoms with E-state index in [-0.39, 0.29) is 23.1 Å². The van der Waals surface area contributed by atoms with Crippen LogP contribution in [0.4, 0.5) is 14.9 Å². The van der Waals surface area contributed by atoms with Gasteiger partial charge in [-0.25, -0.2) is 9.18 Å². The van der Waals surface area contributed by atoms with E-state index in [1.54, 1.807) is 11.8 Å². The van der Waals surface area contributed by atoms with Crippen molar-refractivity contribution >= 4 is 29.3 Å². The predicted molar refractivity (Wildman–Crippen MR) is 88.8 cm³/mol. The molecule has 2 rings (SSSR count). The number of ether oxygens (including phenoxy) is 1. The molecule has 0 aromatic heterocycles. The van der Waals surface area contributed by atoms with Gasteiger partial charge in [-0.3, -0.25) is 9.69 Å². The molecule has 1 aromatic rings. The maximum atomic E-state index is 13.2. The van der Waals surface area contributed by atoms with Crippen molar-refractivity contribution in [2.75, 3.05) is 38.1 Å². The Morgan fingerprint density at radius 3 is 2.67 bits per heavy atom. The molecular formula is C16H22ClFN3O3+. The number of benzene rings is 1. The van der Waals surface area contributed by atoms with E-state index in [9.17, 15) is 14.0 Å². The summed E-state index contributed by atoms with van der Waals surface area (Å²) in [4.78, 5) is 26.8. The number of rotatable bonds is 4. The number of carbonyl (C=O) groups excluding carboxylic acids is 2. The molecule has 0 spiro atoms. The lowest BCUT2D eigenvalue weighted by atomic mass is 10.2. The molecule has 1 aromatic carbocycles. The molecule has 2 amide bonds. The van der Waals surface area contributed by atoms with Crippen molar-refractivity contribution in [1.29, 1.82) is 0 Å². The van der Waals surface area contributed by atoms with E-state index in [0.29, 0.717) is 38.5 Å². The van der Waals surface area contributed by atoms with Crippen LogP contribution in [-0.4, -0.2) is 55.7 Å². The molecule has 8 heteroatoms. The number of carbonyl (C=O) groups is 2. The maximum Gasteiger partial charge on any atom is 0.410 e. The molecule has 0 unspecified atom stereocenters. The quantitative estimate of drug-likeness (QED) is 0.849. The van der Waals surface area contributed by atoms with Crippen LogP contribution in [0.25, 0.3) is 0 Å². The second-order valence-electron chi connectivity index (χ2n) is 5.68. The van der Waals surface area contributed by atoms with E-state index in [0.717, 1.165) is 4.90 Å². The van der Waals surface area contributed by atoms with E-state index in [1.807, 2.05) is 6.92 Å². The summed E-state index contributed by atoms with van der Waals surface area (Å²) in [6, 6.07) is 3.78. The van der Waals surface area contributed by atoms with Gasteiger partial charge < -0.3 is 15.0 Å². The van der Waals surface area contributed by atoms with E-state index in [1.165, 1.54) is 18.2 Å². The molecule has 1 aliphatic rings. The molecule has 1 aliphatic heterocycles. The summed E-state index contributed by atoms with van der Waals surface area (Å²) in [7, 11) is 0. The molecule has 0 bridgehead atoms. The lowest BCUT2D eigenvalue weighted by molar-refractivity contribution is -0.917. The predicted octanol–water partition coefficient (Wildman–Crippen LogP) is 1.16. The number of nitrogens with one attached hydrogen (secondary N) is 2. The van der Waals surface area contributed by atoms with Crippen molar-refractivity contribution in [3.05, 3.63) is 29.0 Å². The van der Waals surface area contributed by atoms with Gasteiger partial charge >= 0.3 is 6.09 Å². The van der Waals surface area contributed by atoms with E-state index in [4.69, 9.17) is 16.3 Å². The topological polar surface area (TPSA) is 63.1 Å². The van der Waals surface area contributed by atoms with Gasteiger partial charge in [0.05, 0.1) is 37.8 Å². The SMILES string of the molecule is CCOC(=O)N1CC[NH+]([C@@H](C)C(=O)Nc2ccc(F)c(Cl)c2)CC1. The first-order chi connectivity index (χ1) is 11.4. The number of quaternary nitrogens is 1. The molecular weight excluding hydrogens is 337 g/mol. The fraction of sp³-hybridized carbons (Fsp3) is 0.500. The summed E-state index contributed by atoms with van der Waals surface area (Å²) in [6.07, 6.45) is -0.311. The summed E-state index contributed by atoms with van der Waals surface area (Å²) in [5, 5.41) is 2.71. The summed E-state index contributed by atoms with van der Waals surface area (Å²) in [5.74, 6) is -0.694. The van der Waals surface area contributed by atoms with Crippen molar-refractivity contribution in [2.24, 2.45) is 0 Å². The van der Waals surface area contributed by atoms with E-state index >= 15 is 0 Å². The van der Waals surface area contributed by atoms with Crippen LogP contribution in [0.3, 0.4) is 0 Å². The zero-order valence-corrected chi connectivity index (χ0v) is 14.5. The molecule has 1 saturated heterocycles. The van der Waals surface area contributed by atoms with Gasteiger partial charge in [-0.1, -0.05) is 11.6 Å². The van der Waals surface area contributed by atoms with Gasteiger partial charge in [-0.2, -0.15) is 0 Å². The Bertz CT molecular complexity index is 606. The minimum Gasteiger partial charge on any atom is -0.450 e. The Labute approximate surface area is 145 Å². The molecule has 24 heavy (non-hydrogen) atoms. The molecule has 0 radical (unpaired) electrons. The van der Waals surface area contributed by atoms with Crippen LogP contribution >= 0.6 is 11.6 Å². The fourth-order valence-corrected chi connectivity index (χ4v) is 2.81. The molecule has 1 atom stereocenters. The van der Waals surface area contributed by atoms with Crippen LogP contribution in [-0.2, 0) is 9.53 Å². The Hall–Kier alpha value is -1.86. The Balaban J connectivity index is 1.87. The Kier molecular flexibility index (Phi) is 6.39. The largest absolute Gasteiger partial charge is 0.450 e. The number of piperazine rings is 1. The van der Waals surface area contributed by atoms with Crippen LogP contribution in [0.15, 0.2) is 18.2 Å². The van der Waals surface area contributed by atoms with Crippen LogP contribution in [0, 0.1) is 5.82 Å². The van der Waals surface area contributed by atoms with Crippen LogP contribution < -0.4 is 10.2 Å². The first-order valence-electron chi connectivity index (χ1n) is 7.94. The third kappa shape index (κ3) is 4.58. The molecule has 132 valence electrons. The normalized spacial score (nSPS) is 16.6. The average Bonchev–Trinajstić information content (AvgIpc) is 2.58. The highest BCUT2D eigenvalue weighted by Crippen LogP contribution is 2.19. The fourth-order valence-electron chi connectivity index (χ4n) is 2.63. The first-order valence-corrected chi connectivity index (χ1v) is 8.32. The lowest BCUT2D eigenvalue weighted by Gasteiger charge is -2.34. The van der Waals surface area contributed by atoms with Gasteiger partial charge in [-0.05, 0) is 32.0 Å². The van der Waals surface area contributed by atoms with Crippen LogP contribution in [0.5, 0.6) is 0 Å². The molecule has 0 aliphatic carbocycles. The van der Waals surface area contributed by atoms with Crippen molar-refractivity contribution in [3.63, 3.8) is 0 Å². The molecule has 1 fully saturated rings. The van der Waals surface area contributed by atoms with Crippen molar-refractivity contribution < 1.29 is 23.6 Å². The standard InChI is InChI=1S/C16H21ClFN3O3/c1-3-24-16(23)21-8-6-20(7-9-21)11(2)15(22)19-12-4-5-14(18)13(17)10-12/h4-5,10-11H,3,6-9H2,1-2H3,(H,19,22)/p+1/t11-/m0/s1. The van der Waals surface area contributed by atoms with Crippen molar-refractivity contribution in [3.8, 4) is 0 Å². The van der Waals surface area contributed by atoms with Crippen molar-refractivity contribution in [2.45, 2.75) is 19.9 Å². The third-order valence-electron chi connectivity index (χ3n) is 4.12. The number of halogens is 2. The van der Waals surface area contributed by atoms with Gasteiger partial charge in [0.1, 0.15) is 5.82 Å². The zero-order valence-electron chi connectivity index (χ0n) is 13.8. The van der Waals surface area contributed by atoms with Crippen LogP contribution in [0.1, 0.15) is 13.8 Å². The monoisotopic (exact) mass is 358 g/mol. The molecule has 1 heterocycles. The number of anilines is 1. The highest BCUT2D eigenvalue weighted by Gasteiger charge is 2.31. The van der Waals surface area contributed by atoms with Crippen LogP contribution in [0.2, 0.25) is 5.02 Å². The zero-order chi connectivity index (χ0) is 17.7. The third-order valence-corrected chi connectivity index (χ3v) is 4.41. The minimum absolute atomic E-state index is 0.0316. The number of nitrogens with zero attached hydrogens (tertiary/aromatic N) is 1. The number of amides is 2. The van der Waals surface area contributed by atoms with E-state index < -0.39 is 5.82 Å². The van der Waals surface area contributed by atoms with Gasteiger partial charge in [0.25, 0.3) is 5.91 Å².